The minimum atomic E-state index is -1.04. The largest absolute Gasteiger partial charge is 0.505 e. The Kier molecular flexibility index (Phi) is 10.4. The summed E-state index contributed by atoms with van der Waals surface area (Å²) in [7, 11) is -1.04. The highest BCUT2D eigenvalue weighted by Crippen LogP contribution is 2.52. The third kappa shape index (κ3) is 7.09. The number of hydrogen-bond donors (Lipinski definition) is 2. The molecule has 4 aliphatic rings. The number of phenolic OH excluding ortho intramolecular Hbond substituents is 1. The van der Waals surface area contributed by atoms with Gasteiger partial charge in [-0.15, -0.1) is 0 Å². The molecule has 9 heteroatoms. The van der Waals surface area contributed by atoms with Crippen molar-refractivity contribution in [1.82, 2.24) is 9.80 Å². The molecule has 3 heterocycles. The van der Waals surface area contributed by atoms with Crippen molar-refractivity contribution in [1.29, 1.82) is 0 Å². The molecule has 1 aliphatic carbocycles. The normalized spacial score (nSPS) is 24.9. The zero-order valence-corrected chi connectivity index (χ0v) is 28.7. The average molecular weight is 677 g/mol. The summed E-state index contributed by atoms with van der Waals surface area (Å²) >= 11 is 0. The first kappa shape index (κ1) is 34.4. The fraction of sp³-hybridized carbons (Fsp3) is 0.415. The lowest BCUT2D eigenvalue weighted by Crippen LogP contribution is -2.48. The number of allylic oxidation sites excluding steroid dienone is 2. The number of aromatic hydroxyl groups is 1. The van der Waals surface area contributed by atoms with E-state index >= 15 is 0 Å². The number of fused-ring (bicyclic) bond motifs is 3. The van der Waals surface area contributed by atoms with Gasteiger partial charge in [-0.1, -0.05) is 91.7 Å². The van der Waals surface area contributed by atoms with E-state index < -0.39 is 36.6 Å². The van der Waals surface area contributed by atoms with Crippen LogP contribution >= 0.6 is 0 Å². The number of nitrogens with zero attached hydrogens (tertiary/aromatic N) is 2. The van der Waals surface area contributed by atoms with Crippen LogP contribution < -0.4 is 0 Å². The Hall–Kier alpha value is -4.05. The van der Waals surface area contributed by atoms with Gasteiger partial charge in [-0.05, 0) is 90.7 Å². The van der Waals surface area contributed by atoms with Crippen LogP contribution in [0.25, 0.3) is 11.6 Å². The maximum absolute atomic E-state index is 14.3. The lowest BCUT2D eigenvalue weighted by Gasteiger charge is -2.43. The van der Waals surface area contributed by atoms with Crippen LogP contribution in [0.15, 0.2) is 90.0 Å². The lowest BCUT2D eigenvalue weighted by molar-refractivity contribution is -0.144. The monoisotopic (exact) mass is 676 g/mol. The van der Waals surface area contributed by atoms with Crippen LogP contribution in [-0.2, 0) is 20.8 Å². The number of hydrogen-bond acceptors (Lipinski definition) is 6. The van der Waals surface area contributed by atoms with Gasteiger partial charge < -0.3 is 14.8 Å². The van der Waals surface area contributed by atoms with E-state index in [0.29, 0.717) is 31.1 Å². The summed E-state index contributed by atoms with van der Waals surface area (Å²) in [6.07, 6.45) is 6.77. The number of carbonyl (C=O) groups is 2. The summed E-state index contributed by atoms with van der Waals surface area (Å²) in [5.74, 6) is -2.31. The molecule has 260 valence electrons. The van der Waals surface area contributed by atoms with Gasteiger partial charge in [0.25, 0.3) is 0 Å². The van der Waals surface area contributed by atoms with E-state index in [-0.39, 0.29) is 23.8 Å². The van der Waals surface area contributed by atoms with Gasteiger partial charge in [-0.25, -0.2) is 4.39 Å². The van der Waals surface area contributed by atoms with E-state index in [9.17, 15) is 24.1 Å². The predicted octanol–water partition coefficient (Wildman–Crippen LogP) is 7.11. The highest BCUT2D eigenvalue weighted by Gasteiger charge is 2.58. The Morgan fingerprint density at radius 1 is 0.980 bits per heavy atom. The van der Waals surface area contributed by atoms with Crippen molar-refractivity contribution in [2.45, 2.75) is 76.9 Å². The molecule has 0 saturated carbocycles. The second-order valence-electron chi connectivity index (χ2n) is 14.4. The van der Waals surface area contributed by atoms with Gasteiger partial charge in [0.05, 0.1) is 17.9 Å². The number of carbonyl (C=O) groups excluding carboxylic acids is 2. The summed E-state index contributed by atoms with van der Waals surface area (Å²) in [6, 6.07) is 24.5. The summed E-state index contributed by atoms with van der Waals surface area (Å²) < 4.78 is 20.6. The molecular formula is C41H46BFN2O5. The van der Waals surface area contributed by atoms with Crippen molar-refractivity contribution in [2.75, 3.05) is 13.1 Å². The molecular weight excluding hydrogens is 630 g/mol. The zero-order chi connectivity index (χ0) is 34.8. The van der Waals surface area contributed by atoms with Gasteiger partial charge in [0.1, 0.15) is 0 Å². The Morgan fingerprint density at radius 3 is 2.40 bits per heavy atom. The van der Waals surface area contributed by atoms with Crippen molar-refractivity contribution >= 4 is 30.6 Å². The van der Waals surface area contributed by atoms with Crippen molar-refractivity contribution in [3.63, 3.8) is 0 Å². The lowest BCUT2D eigenvalue weighted by atomic mass is 9.58. The summed E-state index contributed by atoms with van der Waals surface area (Å²) in [5.41, 5.74) is 6.15. The first-order chi connectivity index (χ1) is 24.3. The predicted molar refractivity (Wildman–Crippen MR) is 193 cm³/mol. The first-order valence-electron chi connectivity index (χ1n) is 18.2. The van der Waals surface area contributed by atoms with E-state index in [1.54, 1.807) is 11.0 Å². The van der Waals surface area contributed by atoms with E-state index in [0.717, 1.165) is 62.0 Å². The van der Waals surface area contributed by atoms with E-state index in [1.807, 2.05) is 42.5 Å². The van der Waals surface area contributed by atoms with Crippen molar-refractivity contribution in [2.24, 2.45) is 17.8 Å². The number of phenols is 1. The molecule has 3 fully saturated rings. The minimum Gasteiger partial charge on any atom is -0.505 e. The molecule has 7 rings (SSSR count). The van der Waals surface area contributed by atoms with Crippen molar-refractivity contribution < 1.29 is 28.8 Å². The molecule has 2 amide bonds. The van der Waals surface area contributed by atoms with Crippen LogP contribution in [0.5, 0.6) is 5.75 Å². The Labute approximate surface area is 294 Å². The fourth-order valence-electron chi connectivity index (χ4n) is 8.92. The van der Waals surface area contributed by atoms with E-state index in [1.165, 1.54) is 23.3 Å². The molecule has 3 aromatic rings. The number of piperidine rings is 1. The van der Waals surface area contributed by atoms with Crippen LogP contribution in [0.1, 0.15) is 68.6 Å². The fourth-order valence-corrected chi connectivity index (χ4v) is 8.92. The third-order valence-corrected chi connectivity index (χ3v) is 11.2. The molecule has 7 nitrogen and oxygen atoms in total. The molecule has 0 spiro atoms. The molecule has 0 radical (unpaired) electrons. The quantitative estimate of drug-likeness (QED) is 0.103. The average Bonchev–Trinajstić information content (AvgIpc) is 3.37. The molecule has 4 atom stereocenters. The molecule has 50 heavy (non-hydrogen) atoms. The Balaban J connectivity index is 1.11. The van der Waals surface area contributed by atoms with Gasteiger partial charge in [-0.2, -0.15) is 0 Å². The molecule has 3 aromatic carbocycles. The number of likely N-dealkylation sites (tertiary alicyclic amines) is 2. The number of benzene rings is 3. The molecule has 0 unspecified atom stereocenters. The minimum absolute atomic E-state index is 0.0397. The number of amides is 2. The molecule has 2 N–H and O–H groups in total. The highest BCUT2D eigenvalue weighted by atomic mass is 19.1. The van der Waals surface area contributed by atoms with Crippen LogP contribution in [0.3, 0.4) is 0 Å². The van der Waals surface area contributed by atoms with Crippen LogP contribution in [0.2, 0.25) is 6.32 Å². The maximum atomic E-state index is 14.3. The second kappa shape index (κ2) is 15.1. The van der Waals surface area contributed by atoms with Crippen molar-refractivity contribution in [3.05, 3.63) is 113 Å². The summed E-state index contributed by atoms with van der Waals surface area (Å²) in [4.78, 5) is 32.5. The van der Waals surface area contributed by atoms with Crippen molar-refractivity contribution in [3.8, 4) is 5.75 Å². The molecule has 0 bridgehead atoms. The number of halogens is 1. The molecule has 3 aliphatic heterocycles. The van der Waals surface area contributed by atoms with Crippen LogP contribution in [0, 0.1) is 23.6 Å². The first-order valence-corrected chi connectivity index (χ1v) is 18.2. The Morgan fingerprint density at radius 2 is 1.70 bits per heavy atom. The molecule has 0 aromatic heterocycles. The third-order valence-electron chi connectivity index (χ3n) is 11.2. The van der Waals surface area contributed by atoms with Gasteiger partial charge in [0.2, 0.25) is 11.8 Å². The van der Waals surface area contributed by atoms with E-state index in [2.05, 4.69) is 36.1 Å². The smallest absolute Gasteiger partial charge is 0.455 e. The summed E-state index contributed by atoms with van der Waals surface area (Å²) in [6.45, 7) is 4.67. The maximum Gasteiger partial charge on any atom is 0.455 e. The van der Waals surface area contributed by atoms with Crippen LogP contribution in [0.4, 0.5) is 4.39 Å². The SMILES string of the molecule is CCCC1=C2[C@@H](CC/C(=C/c3ccc(O)c(F)c3)c3ccccc3)OB(O)C[C@@H]2[C@@H]2C(=O)N(C3CCN(Cc4ccccc4)CC3)C(=O)[C@@H]2C1. The zero-order valence-electron chi connectivity index (χ0n) is 28.7. The highest BCUT2D eigenvalue weighted by molar-refractivity contribution is 6.43. The number of imide groups is 1. The summed E-state index contributed by atoms with van der Waals surface area (Å²) in [5, 5.41) is 20.8. The van der Waals surface area contributed by atoms with Crippen LogP contribution in [-0.4, -0.2) is 64.1 Å². The standard InChI is InChI=1S/C41H46BFN2O5/c1-2-9-31-24-33-39(41(48)45(40(33)47)32-18-20-44(21-19-32)26-27-10-5-3-6-11-27)34-25-42(49)50-37(38(31)34)17-15-30(29-12-7-4-8-13-29)22-28-14-16-36(46)35(43)23-28/h3-8,10-14,16,22-23,32-34,37,39,46,49H,2,9,15,17-21,24-26H2,1H3/b30-22-/t33-,34+,37-,39-/m1/s1. The van der Waals surface area contributed by atoms with Gasteiger partial charge in [-0.3, -0.25) is 19.4 Å². The van der Waals surface area contributed by atoms with Gasteiger partial charge in [0, 0.05) is 25.7 Å². The number of rotatable bonds is 10. The topological polar surface area (TPSA) is 90.3 Å². The van der Waals surface area contributed by atoms with Gasteiger partial charge in [0.15, 0.2) is 11.6 Å². The van der Waals surface area contributed by atoms with E-state index in [4.69, 9.17) is 4.65 Å². The van der Waals surface area contributed by atoms with Gasteiger partial charge >= 0.3 is 7.12 Å². The Bertz CT molecular complexity index is 1760. The molecule has 3 saturated heterocycles. The second-order valence-corrected chi connectivity index (χ2v) is 14.4.